The van der Waals surface area contributed by atoms with E-state index < -0.39 is 6.17 Å². The van der Waals surface area contributed by atoms with E-state index in [1.54, 1.807) is 12.1 Å². The maximum absolute atomic E-state index is 13.2. The second-order valence-electron chi connectivity index (χ2n) is 6.67. The van der Waals surface area contributed by atoms with Gasteiger partial charge in [0.2, 0.25) is 11.7 Å². The van der Waals surface area contributed by atoms with Crippen LogP contribution in [0.3, 0.4) is 0 Å². The Morgan fingerprint density at radius 2 is 1.61 bits per heavy atom. The van der Waals surface area contributed by atoms with Crippen LogP contribution in [0.4, 0.5) is 5.69 Å². The lowest BCUT2D eigenvalue weighted by Gasteiger charge is -2.21. The topological polar surface area (TPSA) is 58.2 Å². The summed E-state index contributed by atoms with van der Waals surface area (Å²) in [6, 6.07) is 22.9. The number of hydrogen-bond donors (Lipinski definition) is 2. The Bertz CT molecular complexity index is 1080. The number of para-hydroxylation sites is 1. The van der Waals surface area contributed by atoms with Crippen LogP contribution in [-0.4, -0.2) is 17.9 Å². The van der Waals surface area contributed by atoms with Crippen molar-refractivity contribution in [3.63, 3.8) is 0 Å². The third-order valence-corrected chi connectivity index (χ3v) is 4.72. The number of fused-ring (bicyclic) bond motifs is 1. The number of amides is 1. The fourth-order valence-electron chi connectivity index (χ4n) is 3.22. The average Bonchev–Trinajstić information content (AvgIpc) is 3.28. The van der Waals surface area contributed by atoms with Crippen molar-refractivity contribution in [3.05, 3.63) is 102 Å². The SMILES string of the molecule is O=C(NC(Nc1ccccc1)C(=O)c1ccc2ccccc2c1)C1=CC=CC1. The van der Waals surface area contributed by atoms with Gasteiger partial charge in [-0.05, 0) is 35.4 Å². The first-order chi connectivity index (χ1) is 13.7. The molecule has 4 nitrogen and oxygen atoms in total. The Morgan fingerprint density at radius 1 is 0.857 bits per heavy atom. The molecule has 1 aliphatic carbocycles. The highest BCUT2D eigenvalue weighted by molar-refractivity contribution is 6.07. The number of carbonyl (C=O) groups is 2. The van der Waals surface area contributed by atoms with E-state index in [0.29, 0.717) is 17.6 Å². The highest BCUT2D eigenvalue weighted by atomic mass is 16.2. The smallest absolute Gasteiger partial charge is 0.249 e. The molecule has 4 heteroatoms. The molecule has 0 aliphatic heterocycles. The van der Waals surface area contributed by atoms with Crippen LogP contribution in [0.25, 0.3) is 10.8 Å². The minimum Gasteiger partial charge on any atom is -0.359 e. The van der Waals surface area contributed by atoms with Crippen LogP contribution in [0.1, 0.15) is 16.8 Å². The van der Waals surface area contributed by atoms with Crippen molar-refractivity contribution in [2.75, 3.05) is 5.32 Å². The predicted molar refractivity (Wildman–Crippen MR) is 112 cm³/mol. The summed E-state index contributed by atoms with van der Waals surface area (Å²) in [5.41, 5.74) is 1.96. The molecule has 4 rings (SSSR count). The number of Topliss-reactive ketones (excluding diaryl/α,β-unsaturated/α-hetero) is 1. The number of anilines is 1. The second-order valence-corrected chi connectivity index (χ2v) is 6.67. The van der Waals surface area contributed by atoms with Gasteiger partial charge in [-0.3, -0.25) is 9.59 Å². The molecule has 1 aliphatic rings. The number of carbonyl (C=O) groups excluding carboxylic acids is 2. The summed E-state index contributed by atoms with van der Waals surface area (Å²) in [5, 5.41) is 8.05. The highest BCUT2D eigenvalue weighted by Crippen LogP contribution is 2.18. The van der Waals surface area contributed by atoms with Crippen molar-refractivity contribution in [2.24, 2.45) is 0 Å². The van der Waals surface area contributed by atoms with Crippen LogP contribution in [-0.2, 0) is 4.79 Å². The minimum absolute atomic E-state index is 0.186. The molecule has 0 radical (unpaired) electrons. The summed E-state index contributed by atoms with van der Waals surface area (Å²) in [6.07, 6.45) is 5.25. The Hall–Kier alpha value is -3.66. The standard InChI is InChI=1S/C24H20N2O2/c27-22(20-15-14-17-8-4-7-11-19(17)16-20)23(25-21-12-2-1-3-13-21)26-24(28)18-9-5-6-10-18/h1-9,11-16,23,25H,10H2,(H,26,28). The van der Waals surface area contributed by atoms with Crippen LogP contribution in [0.5, 0.6) is 0 Å². The first-order valence-corrected chi connectivity index (χ1v) is 9.22. The lowest BCUT2D eigenvalue weighted by atomic mass is 10.0. The van der Waals surface area contributed by atoms with Crippen LogP contribution in [0.15, 0.2) is 96.6 Å². The monoisotopic (exact) mass is 368 g/mol. The van der Waals surface area contributed by atoms with Gasteiger partial charge in [-0.15, -0.1) is 0 Å². The molecular formula is C24H20N2O2. The van der Waals surface area contributed by atoms with E-state index in [4.69, 9.17) is 0 Å². The van der Waals surface area contributed by atoms with Crippen LogP contribution >= 0.6 is 0 Å². The largest absolute Gasteiger partial charge is 0.359 e. The third-order valence-electron chi connectivity index (χ3n) is 4.72. The number of benzene rings is 3. The predicted octanol–water partition coefficient (Wildman–Crippen LogP) is 4.46. The quantitative estimate of drug-likeness (QED) is 0.499. The van der Waals surface area contributed by atoms with E-state index in [2.05, 4.69) is 10.6 Å². The van der Waals surface area contributed by atoms with Gasteiger partial charge in [-0.25, -0.2) is 0 Å². The number of nitrogens with one attached hydrogen (secondary N) is 2. The molecular weight excluding hydrogens is 348 g/mol. The van der Waals surface area contributed by atoms with E-state index >= 15 is 0 Å². The number of ketones is 1. The molecule has 0 heterocycles. The molecule has 1 amide bonds. The Morgan fingerprint density at radius 3 is 2.36 bits per heavy atom. The summed E-state index contributed by atoms with van der Waals surface area (Å²) < 4.78 is 0. The summed E-state index contributed by atoms with van der Waals surface area (Å²) in [5.74, 6) is -0.429. The molecule has 3 aromatic rings. The fraction of sp³-hybridized carbons (Fsp3) is 0.0833. The Labute approximate surface area is 163 Å². The third kappa shape index (κ3) is 3.86. The summed E-state index contributed by atoms with van der Waals surface area (Å²) in [4.78, 5) is 25.8. The lowest BCUT2D eigenvalue weighted by molar-refractivity contribution is -0.117. The minimum atomic E-state index is -0.863. The molecule has 0 bridgehead atoms. The zero-order valence-electron chi connectivity index (χ0n) is 15.3. The molecule has 0 spiro atoms. The molecule has 3 aromatic carbocycles. The molecule has 138 valence electrons. The number of allylic oxidation sites excluding steroid dienone is 3. The van der Waals surface area contributed by atoms with E-state index in [9.17, 15) is 9.59 Å². The van der Waals surface area contributed by atoms with Crippen molar-refractivity contribution in [3.8, 4) is 0 Å². The number of rotatable bonds is 6. The number of hydrogen-bond acceptors (Lipinski definition) is 3. The Balaban J connectivity index is 1.62. The van der Waals surface area contributed by atoms with E-state index in [1.165, 1.54) is 0 Å². The van der Waals surface area contributed by atoms with Crippen molar-refractivity contribution < 1.29 is 9.59 Å². The van der Waals surface area contributed by atoms with Crippen molar-refractivity contribution in [1.29, 1.82) is 0 Å². The van der Waals surface area contributed by atoms with E-state index in [-0.39, 0.29) is 11.7 Å². The molecule has 0 fully saturated rings. The van der Waals surface area contributed by atoms with Gasteiger partial charge in [0.15, 0.2) is 6.17 Å². The van der Waals surface area contributed by atoms with Gasteiger partial charge in [0, 0.05) is 16.8 Å². The zero-order valence-corrected chi connectivity index (χ0v) is 15.3. The van der Waals surface area contributed by atoms with Gasteiger partial charge in [0.05, 0.1) is 0 Å². The molecule has 0 saturated heterocycles. The van der Waals surface area contributed by atoms with Gasteiger partial charge in [0.25, 0.3) is 0 Å². The van der Waals surface area contributed by atoms with Crippen molar-refractivity contribution >= 4 is 28.2 Å². The Kier molecular flexibility index (Phi) is 5.02. The van der Waals surface area contributed by atoms with Crippen molar-refractivity contribution in [2.45, 2.75) is 12.6 Å². The van der Waals surface area contributed by atoms with Crippen LogP contribution in [0.2, 0.25) is 0 Å². The van der Waals surface area contributed by atoms with Gasteiger partial charge >= 0.3 is 0 Å². The molecule has 2 N–H and O–H groups in total. The van der Waals surface area contributed by atoms with Crippen LogP contribution < -0.4 is 10.6 Å². The fourth-order valence-corrected chi connectivity index (χ4v) is 3.22. The summed E-state index contributed by atoms with van der Waals surface area (Å²) in [6.45, 7) is 0. The average molecular weight is 368 g/mol. The molecule has 1 unspecified atom stereocenters. The maximum Gasteiger partial charge on any atom is 0.249 e. The first kappa shape index (κ1) is 17.7. The van der Waals surface area contributed by atoms with Gasteiger partial charge in [-0.2, -0.15) is 0 Å². The van der Waals surface area contributed by atoms with Gasteiger partial charge in [0.1, 0.15) is 0 Å². The highest BCUT2D eigenvalue weighted by Gasteiger charge is 2.24. The molecule has 0 aromatic heterocycles. The molecule has 28 heavy (non-hydrogen) atoms. The lowest BCUT2D eigenvalue weighted by Crippen LogP contribution is -2.46. The van der Waals surface area contributed by atoms with Gasteiger partial charge < -0.3 is 10.6 Å². The van der Waals surface area contributed by atoms with E-state index in [1.807, 2.05) is 78.9 Å². The van der Waals surface area contributed by atoms with E-state index in [0.717, 1.165) is 16.5 Å². The molecule has 0 saturated carbocycles. The summed E-state index contributed by atoms with van der Waals surface area (Å²) >= 11 is 0. The maximum atomic E-state index is 13.2. The zero-order chi connectivity index (χ0) is 19.3. The summed E-state index contributed by atoms with van der Waals surface area (Å²) in [7, 11) is 0. The van der Waals surface area contributed by atoms with Gasteiger partial charge in [-0.1, -0.05) is 72.8 Å². The normalized spacial score (nSPS) is 13.8. The molecule has 1 atom stereocenters. The second kappa shape index (κ2) is 7.92. The van der Waals surface area contributed by atoms with Crippen molar-refractivity contribution in [1.82, 2.24) is 5.32 Å². The van der Waals surface area contributed by atoms with Crippen LogP contribution in [0, 0.1) is 0 Å². The first-order valence-electron chi connectivity index (χ1n) is 9.22.